The summed E-state index contributed by atoms with van der Waals surface area (Å²) in [4.78, 5) is 10.7. The van der Waals surface area contributed by atoms with E-state index in [-0.39, 0.29) is 11.5 Å². The first-order chi connectivity index (χ1) is 8.61. The molecule has 0 bridgehead atoms. The summed E-state index contributed by atoms with van der Waals surface area (Å²) in [5.41, 5.74) is 0.578. The van der Waals surface area contributed by atoms with Gasteiger partial charge in [-0.3, -0.25) is 4.68 Å². The smallest absolute Gasteiger partial charge is 0.371 e. The van der Waals surface area contributed by atoms with Crippen LogP contribution in [0.5, 0.6) is 0 Å². The SMILES string of the molecule is CCCn1cc(C(O)c2ccc(C(=O)O)o2)cn1. The van der Waals surface area contributed by atoms with Crippen molar-refractivity contribution in [3.05, 3.63) is 41.6 Å². The molecule has 2 heterocycles. The van der Waals surface area contributed by atoms with E-state index >= 15 is 0 Å². The topological polar surface area (TPSA) is 88.5 Å². The Morgan fingerprint density at radius 1 is 1.56 bits per heavy atom. The molecule has 1 unspecified atom stereocenters. The normalized spacial score (nSPS) is 12.6. The van der Waals surface area contributed by atoms with Crippen molar-refractivity contribution in [1.82, 2.24) is 9.78 Å². The van der Waals surface area contributed by atoms with Crippen LogP contribution < -0.4 is 0 Å². The van der Waals surface area contributed by atoms with E-state index in [2.05, 4.69) is 5.10 Å². The standard InChI is InChI=1S/C12H14N2O4/c1-2-5-14-7-8(6-13-14)11(15)9-3-4-10(18-9)12(16)17/h3-4,6-7,11,15H,2,5H2,1H3,(H,16,17). The van der Waals surface area contributed by atoms with Crippen LogP contribution >= 0.6 is 0 Å². The minimum Gasteiger partial charge on any atom is -0.475 e. The zero-order valence-corrected chi connectivity index (χ0v) is 9.91. The minimum atomic E-state index is -1.16. The third-order valence-corrected chi connectivity index (χ3v) is 2.53. The third kappa shape index (κ3) is 2.43. The molecule has 2 rings (SSSR count). The van der Waals surface area contributed by atoms with Crippen molar-refractivity contribution in [1.29, 1.82) is 0 Å². The highest BCUT2D eigenvalue weighted by Crippen LogP contribution is 2.23. The summed E-state index contributed by atoms with van der Waals surface area (Å²) in [7, 11) is 0. The maximum absolute atomic E-state index is 10.7. The Morgan fingerprint density at radius 2 is 2.33 bits per heavy atom. The van der Waals surface area contributed by atoms with Gasteiger partial charge in [-0.15, -0.1) is 0 Å². The number of carboxylic acids is 1. The van der Waals surface area contributed by atoms with Crippen LogP contribution in [0.2, 0.25) is 0 Å². The van der Waals surface area contributed by atoms with Gasteiger partial charge in [-0.2, -0.15) is 5.10 Å². The van der Waals surface area contributed by atoms with Crippen LogP contribution in [0, 0.1) is 0 Å². The molecule has 96 valence electrons. The number of aryl methyl sites for hydroxylation is 1. The van der Waals surface area contributed by atoms with Gasteiger partial charge in [0.05, 0.1) is 6.20 Å². The Bertz CT molecular complexity index is 544. The Hall–Kier alpha value is -2.08. The molecule has 2 aromatic heterocycles. The molecule has 1 atom stereocenters. The van der Waals surface area contributed by atoms with Gasteiger partial charge in [-0.1, -0.05) is 6.92 Å². The van der Waals surface area contributed by atoms with Crippen LogP contribution in [0.1, 0.15) is 41.3 Å². The second-order valence-electron chi connectivity index (χ2n) is 3.95. The van der Waals surface area contributed by atoms with Gasteiger partial charge in [0.1, 0.15) is 11.9 Å². The fraction of sp³-hybridized carbons (Fsp3) is 0.333. The Labute approximate surface area is 103 Å². The van der Waals surface area contributed by atoms with E-state index in [0.29, 0.717) is 5.56 Å². The number of carbonyl (C=O) groups is 1. The number of nitrogens with zero attached hydrogens (tertiary/aromatic N) is 2. The van der Waals surface area contributed by atoms with Crippen molar-refractivity contribution >= 4 is 5.97 Å². The molecule has 18 heavy (non-hydrogen) atoms. The average molecular weight is 250 g/mol. The number of aliphatic hydroxyl groups is 1. The summed E-state index contributed by atoms with van der Waals surface area (Å²) in [5, 5.41) is 22.9. The van der Waals surface area contributed by atoms with Crippen LogP contribution in [0.3, 0.4) is 0 Å². The molecule has 0 aliphatic heterocycles. The highest BCUT2D eigenvalue weighted by atomic mass is 16.4. The molecule has 0 aliphatic carbocycles. The highest BCUT2D eigenvalue weighted by molar-refractivity contribution is 5.84. The van der Waals surface area contributed by atoms with E-state index < -0.39 is 12.1 Å². The predicted octanol–water partition coefficient (Wildman–Crippen LogP) is 1.67. The number of rotatable bonds is 5. The summed E-state index contributed by atoms with van der Waals surface area (Å²) < 4.78 is 6.77. The van der Waals surface area contributed by atoms with Crippen LogP contribution in [0.25, 0.3) is 0 Å². The molecular weight excluding hydrogens is 236 g/mol. The van der Waals surface area contributed by atoms with E-state index in [9.17, 15) is 9.90 Å². The largest absolute Gasteiger partial charge is 0.475 e. The molecule has 0 amide bonds. The van der Waals surface area contributed by atoms with Gasteiger partial charge in [0.2, 0.25) is 5.76 Å². The second-order valence-corrected chi connectivity index (χ2v) is 3.95. The van der Waals surface area contributed by atoms with Crippen molar-refractivity contribution in [3.63, 3.8) is 0 Å². The zero-order chi connectivity index (χ0) is 13.1. The number of aliphatic hydroxyl groups excluding tert-OH is 1. The van der Waals surface area contributed by atoms with Crippen molar-refractivity contribution in [2.24, 2.45) is 0 Å². The lowest BCUT2D eigenvalue weighted by Crippen LogP contribution is -1.99. The fourth-order valence-corrected chi connectivity index (χ4v) is 1.65. The number of aromatic nitrogens is 2. The zero-order valence-electron chi connectivity index (χ0n) is 9.91. The average Bonchev–Trinajstić information content (AvgIpc) is 2.97. The maximum Gasteiger partial charge on any atom is 0.371 e. The molecule has 0 aliphatic rings. The lowest BCUT2D eigenvalue weighted by molar-refractivity contribution is 0.0655. The Balaban J connectivity index is 2.18. The summed E-state index contributed by atoms with van der Waals surface area (Å²) in [6, 6.07) is 2.77. The lowest BCUT2D eigenvalue weighted by Gasteiger charge is -2.03. The molecule has 2 N–H and O–H groups in total. The lowest BCUT2D eigenvalue weighted by atomic mass is 10.1. The highest BCUT2D eigenvalue weighted by Gasteiger charge is 2.18. The number of furan rings is 1. The van der Waals surface area contributed by atoms with Crippen molar-refractivity contribution in [2.45, 2.75) is 26.0 Å². The molecular formula is C12H14N2O4. The first-order valence-corrected chi connectivity index (χ1v) is 5.65. The number of aromatic carboxylic acids is 1. The Morgan fingerprint density at radius 3 is 2.94 bits per heavy atom. The van der Waals surface area contributed by atoms with Gasteiger partial charge in [0.25, 0.3) is 0 Å². The van der Waals surface area contributed by atoms with E-state index in [1.54, 1.807) is 17.1 Å². The summed E-state index contributed by atoms with van der Waals surface area (Å²) in [6.07, 6.45) is 3.21. The van der Waals surface area contributed by atoms with E-state index in [0.717, 1.165) is 13.0 Å². The van der Waals surface area contributed by atoms with Crippen molar-refractivity contribution in [3.8, 4) is 0 Å². The third-order valence-electron chi connectivity index (χ3n) is 2.53. The summed E-state index contributed by atoms with van der Waals surface area (Å²) >= 11 is 0. The van der Waals surface area contributed by atoms with Gasteiger partial charge < -0.3 is 14.6 Å². The summed E-state index contributed by atoms with van der Waals surface area (Å²) in [6.45, 7) is 2.80. The van der Waals surface area contributed by atoms with Crippen LogP contribution in [-0.4, -0.2) is 26.0 Å². The van der Waals surface area contributed by atoms with E-state index in [1.807, 2.05) is 6.92 Å². The first-order valence-electron chi connectivity index (χ1n) is 5.65. The summed E-state index contributed by atoms with van der Waals surface area (Å²) in [5.74, 6) is -1.15. The van der Waals surface area contributed by atoms with Crippen molar-refractivity contribution < 1.29 is 19.4 Å². The molecule has 0 radical (unpaired) electrons. The van der Waals surface area contributed by atoms with Crippen LogP contribution in [-0.2, 0) is 6.54 Å². The quantitative estimate of drug-likeness (QED) is 0.842. The van der Waals surface area contributed by atoms with Crippen molar-refractivity contribution in [2.75, 3.05) is 0 Å². The molecule has 0 saturated heterocycles. The molecule has 0 fully saturated rings. The molecule has 2 aromatic rings. The molecule has 6 heteroatoms. The molecule has 6 nitrogen and oxygen atoms in total. The van der Waals surface area contributed by atoms with Gasteiger partial charge >= 0.3 is 5.97 Å². The fourth-order valence-electron chi connectivity index (χ4n) is 1.65. The molecule has 0 aromatic carbocycles. The number of carboxylic acid groups (broad SMARTS) is 1. The van der Waals surface area contributed by atoms with E-state index in [4.69, 9.17) is 9.52 Å². The minimum absolute atomic E-state index is 0.190. The first kappa shape index (κ1) is 12.4. The number of hydrogen-bond acceptors (Lipinski definition) is 4. The van der Waals surface area contributed by atoms with Gasteiger partial charge in [-0.05, 0) is 18.6 Å². The second kappa shape index (κ2) is 5.05. The molecule has 0 saturated carbocycles. The number of hydrogen-bond donors (Lipinski definition) is 2. The maximum atomic E-state index is 10.7. The monoisotopic (exact) mass is 250 g/mol. The van der Waals surface area contributed by atoms with Crippen LogP contribution in [0.4, 0.5) is 0 Å². The van der Waals surface area contributed by atoms with Crippen LogP contribution in [0.15, 0.2) is 28.9 Å². The van der Waals surface area contributed by atoms with Gasteiger partial charge in [0.15, 0.2) is 0 Å². The van der Waals surface area contributed by atoms with Gasteiger partial charge in [0, 0.05) is 18.3 Å². The predicted molar refractivity (Wildman–Crippen MR) is 62.2 cm³/mol. The Kier molecular flexibility index (Phi) is 3.47. The molecule has 0 spiro atoms. The van der Waals surface area contributed by atoms with Gasteiger partial charge in [-0.25, -0.2) is 4.79 Å². The van der Waals surface area contributed by atoms with E-state index in [1.165, 1.54) is 12.1 Å².